The summed E-state index contributed by atoms with van der Waals surface area (Å²) in [5, 5.41) is 0. The van der Waals surface area contributed by atoms with Gasteiger partial charge in [0.15, 0.2) is 0 Å². The molecule has 0 N–H and O–H groups in total. The van der Waals surface area contributed by atoms with E-state index < -0.39 is 0 Å². The van der Waals surface area contributed by atoms with Crippen LogP contribution in [-0.2, 0) is 4.79 Å². The quantitative estimate of drug-likeness (QED) is 0.509. The van der Waals surface area contributed by atoms with E-state index >= 15 is 0 Å². The average molecular weight is 218 g/mol. The molecule has 3 unspecified atom stereocenters. The number of hydrogen-bond acceptors (Lipinski definition) is 1. The molecule has 1 heteroatoms. The Morgan fingerprint density at radius 3 is 2.75 bits per heavy atom. The van der Waals surface area contributed by atoms with Gasteiger partial charge in [0.25, 0.3) is 0 Å². The first-order valence-electron chi connectivity index (χ1n) is 6.47. The Bertz CT molecular complexity index is 324. The molecule has 2 aliphatic rings. The van der Waals surface area contributed by atoms with Crippen molar-refractivity contribution in [1.29, 1.82) is 0 Å². The summed E-state index contributed by atoms with van der Waals surface area (Å²) in [7, 11) is 0. The van der Waals surface area contributed by atoms with Gasteiger partial charge in [-0.25, -0.2) is 0 Å². The van der Waals surface area contributed by atoms with Gasteiger partial charge in [-0.05, 0) is 54.9 Å². The molecule has 0 aliphatic heterocycles. The molecular weight excluding hydrogens is 196 g/mol. The highest BCUT2D eigenvalue weighted by Crippen LogP contribution is 2.46. The minimum Gasteiger partial charge on any atom is -0.298 e. The summed E-state index contributed by atoms with van der Waals surface area (Å²) in [5.41, 5.74) is 2.43. The zero-order valence-corrected chi connectivity index (χ0v) is 10.4. The van der Waals surface area contributed by atoms with E-state index in [0.717, 1.165) is 30.6 Å². The van der Waals surface area contributed by atoms with Crippen molar-refractivity contribution in [2.75, 3.05) is 0 Å². The van der Waals surface area contributed by atoms with Crippen LogP contribution in [0, 0.1) is 23.7 Å². The highest BCUT2D eigenvalue weighted by Gasteiger charge is 2.37. The largest absolute Gasteiger partial charge is 0.298 e. The molecule has 0 amide bonds. The monoisotopic (exact) mass is 218 g/mol. The van der Waals surface area contributed by atoms with E-state index in [9.17, 15) is 4.79 Å². The molecule has 1 nitrogen and oxygen atoms in total. The first-order valence-corrected chi connectivity index (χ1v) is 6.47. The Morgan fingerprint density at radius 2 is 2.12 bits per heavy atom. The second-order valence-electron chi connectivity index (χ2n) is 5.69. The zero-order valence-electron chi connectivity index (χ0n) is 10.4. The van der Waals surface area contributed by atoms with Crippen molar-refractivity contribution >= 4 is 6.29 Å². The standard InChI is InChI=1S/C15H22O/c1-10(2)13-6-4-11(3)14-7-5-12(9-16)8-15(13)14/h8-10,13-15H,3-7H2,1-2H3. The molecule has 3 atom stereocenters. The van der Waals surface area contributed by atoms with Crippen LogP contribution in [0.25, 0.3) is 0 Å². The van der Waals surface area contributed by atoms with Gasteiger partial charge in [-0.3, -0.25) is 4.79 Å². The van der Waals surface area contributed by atoms with Crippen LogP contribution in [0.5, 0.6) is 0 Å². The number of aldehydes is 1. The van der Waals surface area contributed by atoms with E-state index in [-0.39, 0.29) is 0 Å². The van der Waals surface area contributed by atoms with Gasteiger partial charge >= 0.3 is 0 Å². The molecule has 16 heavy (non-hydrogen) atoms. The van der Waals surface area contributed by atoms with Crippen molar-refractivity contribution in [3.8, 4) is 0 Å². The van der Waals surface area contributed by atoms with Gasteiger partial charge in [-0.1, -0.05) is 32.1 Å². The third-order valence-corrected chi connectivity index (χ3v) is 4.44. The topological polar surface area (TPSA) is 17.1 Å². The van der Waals surface area contributed by atoms with Crippen molar-refractivity contribution in [2.24, 2.45) is 23.7 Å². The normalized spacial score (nSPS) is 34.6. The Kier molecular flexibility index (Phi) is 3.32. The lowest BCUT2D eigenvalue weighted by molar-refractivity contribution is -0.105. The Labute approximate surface area is 98.6 Å². The third-order valence-electron chi connectivity index (χ3n) is 4.44. The van der Waals surface area contributed by atoms with E-state index in [2.05, 4.69) is 26.5 Å². The van der Waals surface area contributed by atoms with Crippen molar-refractivity contribution in [2.45, 2.75) is 39.5 Å². The summed E-state index contributed by atoms with van der Waals surface area (Å²) in [6, 6.07) is 0. The van der Waals surface area contributed by atoms with E-state index in [4.69, 9.17) is 0 Å². The second-order valence-corrected chi connectivity index (χ2v) is 5.69. The first-order chi connectivity index (χ1) is 7.63. The molecule has 0 aromatic heterocycles. The molecule has 88 valence electrons. The lowest BCUT2D eigenvalue weighted by atomic mass is 9.62. The number of carbonyl (C=O) groups is 1. The van der Waals surface area contributed by atoms with Crippen LogP contribution in [-0.4, -0.2) is 6.29 Å². The number of allylic oxidation sites excluding steroid dienone is 3. The molecule has 0 aromatic carbocycles. The van der Waals surface area contributed by atoms with Gasteiger partial charge in [-0.2, -0.15) is 0 Å². The van der Waals surface area contributed by atoms with Crippen molar-refractivity contribution in [3.05, 3.63) is 23.8 Å². The fraction of sp³-hybridized carbons (Fsp3) is 0.667. The number of hydrogen-bond donors (Lipinski definition) is 0. The van der Waals surface area contributed by atoms with E-state index in [1.807, 2.05) is 0 Å². The van der Waals surface area contributed by atoms with Crippen LogP contribution in [0.4, 0.5) is 0 Å². The van der Waals surface area contributed by atoms with Gasteiger partial charge in [0.05, 0.1) is 0 Å². The average Bonchev–Trinajstić information content (AvgIpc) is 2.28. The molecule has 1 saturated carbocycles. The maximum atomic E-state index is 10.9. The van der Waals surface area contributed by atoms with Gasteiger partial charge in [-0.15, -0.1) is 0 Å². The smallest absolute Gasteiger partial charge is 0.145 e. The van der Waals surface area contributed by atoms with E-state index in [1.165, 1.54) is 18.4 Å². The molecule has 2 rings (SSSR count). The lowest BCUT2D eigenvalue weighted by Crippen LogP contribution is -2.33. The summed E-state index contributed by atoms with van der Waals surface area (Å²) in [5.74, 6) is 2.67. The van der Waals surface area contributed by atoms with Crippen LogP contribution >= 0.6 is 0 Å². The maximum absolute atomic E-state index is 10.9. The van der Waals surface area contributed by atoms with Crippen LogP contribution < -0.4 is 0 Å². The summed E-state index contributed by atoms with van der Waals surface area (Å²) in [4.78, 5) is 10.9. The van der Waals surface area contributed by atoms with Crippen molar-refractivity contribution in [3.63, 3.8) is 0 Å². The SMILES string of the molecule is C=C1CCC(C(C)C)C2C=C(C=O)CCC12. The fourth-order valence-corrected chi connectivity index (χ4v) is 3.47. The van der Waals surface area contributed by atoms with Gasteiger partial charge < -0.3 is 0 Å². The van der Waals surface area contributed by atoms with Crippen molar-refractivity contribution < 1.29 is 4.79 Å². The lowest BCUT2D eigenvalue weighted by Gasteiger charge is -2.42. The molecule has 1 fully saturated rings. The minimum absolute atomic E-state index is 0.579. The van der Waals surface area contributed by atoms with E-state index in [0.29, 0.717) is 17.8 Å². The van der Waals surface area contributed by atoms with Crippen molar-refractivity contribution in [1.82, 2.24) is 0 Å². The summed E-state index contributed by atoms with van der Waals surface area (Å²) >= 11 is 0. The second kappa shape index (κ2) is 4.57. The number of carbonyl (C=O) groups excluding carboxylic acids is 1. The van der Waals surface area contributed by atoms with Gasteiger partial charge in [0.2, 0.25) is 0 Å². The third kappa shape index (κ3) is 2.00. The van der Waals surface area contributed by atoms with E-state index in [1.54, 1.807) is 0 Å². The Balaban J connectivity index is 2.27. The molecule has 0 radical (unpaired) electrons. The molecule has 2 aliphatic carbocycles. The van der Waals surface area contributed by atoms with Crippen LogP contribution in [0.3, 0.4) is 0 Å². The van der Waals surface area contributed by atoms with Crippen LogP contribution in [0.2, 0.25) is 0 Å². The molecule has 0 aromatic rings. The number of fused-ring (bicyclic) bond motifs is 1. The Hall–Kier alpha value is -0.850. The minimum atomic E-state index is 0.579. The Morgan fingerprint density at radius 1 is 1.38 bits per heavy atom. The van der Waals surface area contributed by atoms with Crippen LogP contribution in [0.1, 0.15) is 39.5 Å². The van der Waals surface area contributed by atoms with Crippen LogP contribution in [0.15, 0.2) is 23.8 Å². The molecular formula is C15H22O. The summed E-state index contributed by atoms with van der Waals surface area (Å²) in [6.45, 7) is 8.83. The molecule has 0 heterocycles. The summed E-state index contributed by atoms with van der Waals surface area (Å²) in [6.07, 6.45) is 7.82. The predicted molar refractivity (Wildman–Crippen MR) is 67.1 cm³/mol. The molecule has 0 saturated heterocycles. The maximum Gasteiger partial charge on any atom is 0.145 e. The highest BCUT2D eigenvalue weighted by molar-refractivity contribution is 5.73. The predicted octanol–water partition coefficient (Wildman–Crippen LogP) is 3.76. The number of rotatable bonds is 2. The van der Waals surface area contributed by atoms with Gasteiger partial charge in [0.1, 0.15) is 6.29 Å². The van der Waals surface area contributed by atoms with Gasteiger partial charge in [0, 0.05) is 0 Å². The first kappa shape index (κ1) is 11.6. The zero-order chi connectivity index (χ0) is 11.7. The molecule has 0 spiro atoms. The highest BCUT2D eigenvalue weighted by atomic mass is 16.1. The summed E-state index contributed by atoms with van der Waals surface area (Å²) < 4.78 is 0. The fourth-order valence-electron chi connectivity index (χ4n) is 3.47. The molecule has 0 bridgehead atoms.